The lowest BCUT2D eigenvalue weighted by molar-refractivity contribution is 0.392. The van der Waals surface area contributed by atoms with Gasteiger partial charge in [0.05, 0.1) is 19.0 Å². The van der Waals surface area contributed by atoms with Crippen molar-refractivity contribution < 1.29 is 9.84 Å². The van der Waals surface area contributed by atoms with Gasteiger partial charge in [0.1, 0.15) is 5.75 Å². The second-order valence-electron chi connectivity index (χ2n) is 8.39. The van der Waals surface area contributed by atoms with Gasteiger partial charge < -0.3 is 14.7 Å². The SMILES string of the molecule is COc1cc(-c2ccc(-c3ccc(N(C)[C@H]4CCCC[C@@H](C)C4)nn3)c(O)c2)cnn1. The van der Waals surface area contributed by atoms with Crippen LogP contribution in [0.2, 0.25) is 0 Å². The second-order valence-corrected chi connectivity index (χ2v) is 8.39. The predicted molar refractivity (Wildman–Crippen MR) is 121 cm³/mol. The number of phenolic OH excluding ortho intramolecular Hbond substituents is 1. The van der Waals surface area contributed by atoms with Crippen molar-refractivity contribution in [2.24, 2.45) is 5.92 Å². The first-order chi connectivity index (χ1) is 15.0. The molecule has 3 aromatic rings. The minimum absolute atomic E-state index is 0.140. The van der Waals surface area contributed by atoms with Crippen LogP contribution in [0.3, 0.4) is 0 Å². The Morgan fingerprint density at radius 3 is 2.58 bits per heavy atom. The van der Waals surface area contributed by atoms with Crippen molar-refractivity contribution in [1.82, 2.24) is 20.4 Å². The van der Waals surface area contributed by atoms with Crippen molar-refractivity contribution in [1.29, 1.82) is 0 Å². The molecule has 31 heavy (non-hydrogen) atoms. The molecule has 0 radical (unpaired) electrons. The number of nitrogens with zero attached hydrogens (tertiary/aromatic N) is 5. The molecule has 1 fully saturated rings. The number of hydrogen-bond acceptors (Lipinski definition) is 7. The number of aromatic hydroxyl groups is 1. The van der Waals surface area contributed by atoms with E-state index in [-0.39, 0.29) is 5.75 Å². The van der Waals surface area contributed by atoms with Crippen molar-refractivity contribution in [3.63, 3.8) is 0 Å². The van der Waals surface area contributed by atoms with Crippen LogP contribution in [0.4, 0.5) is 5.82 Å². The number of methoxy groups -OCH3 is 1. The minimum atomic E-state index is 0.140. The summed E-state index contributed by atoms with van der Waals surface area (Å²) in [6, 6.07) is 11.6. The fourth-order valence-corrected chi connectivity index (χ4v) is 4.30. The average molecular weight is 420 g/mol. The number of aromatic nitrogens is 4. The Morgan fingerprint density at radius 2 is 1.84 bits per heavy atom. The lowest BCUT2D eigenvalue weighted by Crippen LogP contribution is -2.33. The quantitative estimate of drug-likeness (QED) is 0.599. The van der Waals surface area contributed by atoms with E-state index in [9.17, 15) is 5.11 Å². The largest absolute Gasteiger partial charge is 0.507 e. The molecule has 0 spiro atoms. The van der Waals surface area contributed by atoms with E-state index in [2.05, 4.69) is 39.3 Å². The van der Waals surface area contributed by atoms with E-state index >= 15 is 0 Å². The van der Waals surface area contributed by atoms with E-state index in [4.69, 9.17) is 4.74 Å². The summed E-state index contributed by atoms with van der Waals surface area (Å²) in [7, 11) is 3.65. The second kappa shape index (κ2) is 9.29. The van der Waals surface area contributed by atoms with E-state index in [1.165, 1.54) is 32.1 Å². The number of rotatable bonds is 5. The zero-order valence-electron chi connectivity index (χ0n) is 18.3. The lowest BCUT2D eigenvalue weighted by atomic mass is 9.99. The summed E-state index contributed by atoms with van der Waals surface area (Å²) in [5, 5.41) is 27.3. The molecular formula is C24H29N5O2. The van der Waals surface area contributed by atoms with Crippen LogP contribution in [0, 0.1) is 5.92 Å². The van der Waals surface area contributed by atoms with Crippen LogP contribution in [-0.4, -0.2) is 45.7 Å². The van der Waals surface area contributed by atoms with E-state index in [0.717, 1.165) is 22.9 Å². The summed E-state index contributed by atoms with van der Waals surface area (Å²) in [5.41, 5.74) is 2.92. The Morgan fingerprint density at radius 1 is 1.00 bits per heavy atom. The number of hydrogen-bond donors (Lipinski definition) is 1. The highest BCUT2D eigenvalue weighted by atomic mass is 16.5. The molecule has 2 aromatic heterocycles. The van der Waals surface area contributed by atoms with E-state index < -0.39 is 0 Å². The van der Waals surface area contributed by atoms with Crippen LogP contribution in [0.25, 0.3) is 22.4 Å². The number of phenols is 1. The molecule has 0 unspecified atom stereocenters. The Labute approximate surface area is 183 Å². The standard InChI is InChI=1S/C24H29N5O2/c1-16-6-4-5-7-19(12-16)29(2)23-11-10-21(26-27-23)20-9-8-17(13-22(20)30)18-14-24(31-3)28-25-15-18/h8-11,13-16,19,30H,4-7,12H2,1-3H3/t16-,19+/m1/s1. The van der Waals surface area contributed by atoms with Crippen LogP contribution in [0.15, 0.2) is 42.6 Å². The first-order valence-electron chi connectivity index (χ1n) is 10.8. The molecule has 1 N–H and O–H groups in total. The summed E-state index contributed by atoms with van der Waals surface area (Å²) in [6.07, 6.45) is 7.91. The number of anilines is 1. The fraction of sp³-hybridized carbons (Fsp3) is 0.417. The van der Waals surface area contributed by atoms with Gasteiger partial charge in [-0.05, 0) is 48.6 Å². The molecule has 7 heteroatoms. The van der Waals surface area contributed by atoms with Gasteiger partial charge in [-0.15, -0.1) is 15.3 Å². The van der Waals surface area contributed by atoms with Crippen LogP contribution in [0.1, 0.15) is 39.0 Å². The number of benzene rings is 1. The third-order valence-corrected chi connectivity index (χ3v) is 6.17. The smallest absolute Gasteiger partial charge is 0.233 e. The van der Waals surface area contributed by atoms with Crippen LogP contribution < -0.4 is 9.64 Å². The average Bonchev–Trinajstić information content (AvgIpc) is 3.03. The van der Waals surface area contributed by atoms with Gasteiger partial charge in [0.25, 0.3) is 0 Å². The summed E-state index contributed by atoms with van der Waals surface area (Å²) in [6.45, 7) is 2.34. The van der Waals surface area contributed by atoms with Gasteiger partial charge in [0.15, 0.2) is 5.82 Å². The topological polar surface area (TPSA) is 84.3 Å². The van der Waals surface area contributed by atoms with E-state index in [0.29, 0.717) is 23.2 Å². The maximum Gasteiger partial charge on any atom is 0.233 e. The van der Waals surface area contributed by atoms with Gasteiger partial charge >= 0.3 is 0 Å². The molecule has 4 rings (SSSR count). The molecule has 0 aliphatic heterocycles. The first-order valence-corrected chi connectivity index (χ1v) is 10.8. The Balaban J connectivity index is 1.53. The molecule has 2 atom stereocenters. The van der Waals surface area contributed by atoms with Crippen molar-refractivity contribution in [3.8, 4) is 34.0 Å². The van der Waals surface area contributed by atoms with Crippen LogP contribution >= 0.6 is 0 Å². The third-order valence-electron chi connectivity index (χ3n) is 6.17. The van der Waals surface area contributed by atoms with Crippen molar-refractivity contribution in [2.45, 2.75) is 45.1 Å². The third kappa shape index (κ3) is 4.76. The maximum absolute atomic E-state index is 10.6. The molecule has 0 bridgehead atoms. The zero-order valence-corrected chi connectivity index (χ0v) is 18.3. The summed E-state index contributed by atoms with van der Waals surface area (Å²) in [5.74, 6) is 2.18. The van der Waals surface area contributed by atoms with Crippen LogP contribution in [0.5, 0.6) is 11.6 Å². The molecule has 0 amide bonds. The van der Waals surface area contributed by atoms with Gasteiger partial charge in [-0.2, -0.15) is 5.10 Å². The van der Waals surface area contributed by atoms with Crippen molar-refractivity contribution in [2.75, 3.05) is 19.1 Å². The molecule has 7 nitrogen and oxygen atoms in total. The highest BCUT2D eigenvalue weighted by molar-refractivity contribution is 5.74. The van der Waals surface area contributed by atoms with Gasteiger partial charge in [-0.1, -0.05) is 32.3 Å². The van der Waals surface area contributed by atoms with E-state index in [1.54, 1.807) is 25.4 Å². The summed E-state index contributed by atoms with van der Waals surface area (Å²) < 4.78 is 5.13. The highest BCUT2D eigenvalue weighted by Gasteiger charge is 2.22. The first kappa shape index (κ1) is 21.0. The summed E-state index contributed by atoms with van der Waals surface area (Å²) >= 11 is 0. The molecule has 162 valence electrons. The Bertz CT molecular complexity index is 1020. The Kier molecular flexibility index (Phi) is 6.30. The normalized spacial score (nSPS) is 18.9. The van der Waals surface area contributed by atoms with Gasteiger partial charge in [-0.3, -0.25) is 0 Å². The minimum Gasteiger partial charge on any atom is -0.507 e. The number of ether oxygens (including phenoxy) is 1. The molecule has 1 aliphatic rings. The lowest BCUT2D eigenvalue weighted by Gasteiger charge is -2.29. The fourth-order valence-electron chi connectivity index (χ4n) is 4.30. The zero-order chi connectivity index (χ0) is 21.8. The molecule has 1 saturated carbocycles. The maximum atomic E-state index is 10.6. The molecule has 0 saturated heterocycles. The molecule has 1 aliphatic carbocycles. The molecular weight excluding hydrogens is 390 g/mol. The van der Waals surface area contributed by atoms with Crippen LogP contribution in [-0.2, 0) is 0 Å². The van der Waals surface area contributed by atoms with Crippen molar-refractivity contribution >= 4 is 5.82 Å². The van der Waals surface area contributed by atoms with Gasteiger partial charge in [0.2, 0.25) is 5.88 Å². The highest BCUT2D eigenvalue weighted by Crippen LogP contribution is 2.33. The van der Waals surface area contributed by atoms with Gasteiger partial charge in [0, 0.05) is 30.3 Å². The van der Waals surface area contributed by atoms with Gasteiger partial charge in [-0.25, -0.2) is 0 Å². The predicted octanol–water partition coefficient (Wildman–Crippen LogP) is 4.72. The molecule has 2 heterocycles. The Hall–Kier alpha value is -3.22. The van der Waals surface area contributed by atoms with E-state index in [1.807, 2.05) is 24.3 Å². The monoisotopic (exact) mass is 419 g/mol. The summed E-state index contributed by atoms with van der Waals surface area (Å²) in [4.78, 5) is 2.26. The molecule has 1 aromatic carbocycles. The van der Waals surface area contributed by atoms with Crippen molar-refractivity contribution in [3.05, 3.63) is 42.6 Å².